The molecule has 3 nitrogen and oxygen atoms in total. The molecule has 0 aromatic heterocycles. The van der Waals surface area contributed by atoms with Crippen LogP contribution in [0.25, 0.3) is 0 Å². The number of aliphatic imine (C=N–C) groups is 2. The first-order chi connectivity index (χ1) is 9.93. The fourth-order valence-corrected chi connectivity index (χ4v) is 2.78. The summed E-state index contributed by atoms with van der Waals surface area (Å²) >= 11 is 0. The quantitative estimate of drug-likeness (QED) is 0.774. The van der Waals surface area contributed by atoms with E-state index in [0.29, 0.717) is 0 Å². The van der Waals surface area contributed by atoms with E-state index in [1.807, 2.05) is 12.1 Å². The van der Waals surface area contributed by atoms with Gasteiger partial charge in [-0.05, 0) is 18.6 Å². The van der Waals surface area contributed by atoms with Crippen molar-refractivity contribution in [3.8, 4) is 0 Å². The third-order valence-corrected chi connectivity index (χ3v) is 3.72. The molecular formula is C17H15N3. The second kappa shape index (κ2) is 4.60. The Hall–Kier alpha value is -2.42. The molecule has 0 fully saturated rings. The SMILES string of the molecule is c1ccc(C2=Nc3ccccc3C3=NCCCN23)cc1. The molecule has 0 aliphatic carbocycles. The van der Waals surface area contributed by atoms with Crippen LogP contribution in [0.5, 0.6) is 0 Å². The maximum atomic E-state index is 4.86. The molecule has 2 heterocycles. The number of hydrogen-bond donors (Lipinski definition) is 0. The van der Waals surface area contributed by atoms with Crippen LogP contribution in [0.3, 0.4) is 0 Å². The molecule has 98 valence electrons. The van der Waals surface area contributed by atoms with E-state index in [1.165, 1.54) is 0 Å². The Labute approximate surface area is 118 Å². The van der Waals surface area contributed by atoms with Crippen LogP contribution in [0.1, 0.15) is 17.5 Å². The van der Waals surface area contributed by atoms with Crippen molar-refractivity contribution >= 4 is 17.4 Å². The van der Waals surface area contributed by atoms with Gasteiger partial charge in [-0.3, -0.25) is 4.99 Å². The van der Waals surface area contributed by atoms with Crippen LogP contribution in [0.2, 0.25) is 0 Å². The monoisotopic (exact) mass is 261 g/mol. The van der Waals surface area contributed by atoms with Gasteiger partial charge in [0.05, 0.1) is 5.69 Å². The second-order valence-corrected chi connectivity index (χ2v) is 5.03. The Kier molecular flexibility index (Phi) is 2.62. The predicted octanol–water partition coefficient (Wildman–Crippen LogP) is 3.23. The molecule has 2 aliphatic rings. The predicted molar refractivity (Wildman–Crippen MR) is 81.8 cm³/mol. The normalized spacial score (nSPS) is 16.9. The average molecular weight is 261 g/mol. The Morgan fingerprint density at radius 2 is 1.65 bits per heavy atom. The lowest BCUT2D eigenvalue weighted by molar-refractivity contribution is 0.546. The van der Waals surface area contributed by atoms with E-state index in [2.05, 4.69) is 47.4 Å². The second-order valence-electron chi connectivity index (χ2n) is 5.03. The van der Waals surface area contributed by atoms with Crippen LogP contribution in [-0.4, -0.2) is 29.7 Å². The van der Waals surface area contributed by atoms with Gasteiger partial charge >= 0.3 is 0 Å². The molecule has 0 spiro atoms. The van der Waals surface area contributed by atoms with E-state index in [0.717, 1.165) is 48.0 Å². The lowest BCUT2D eigenvalue weighted by Gasteiger charge is -2.34. The molecule has 0 unspecified atom stereocenters. The highest BCUT2D eigenvalue weighted by molar-refractivity contribution is 6.20. The minimum atomic E-state index is 0.905. The fraction of sp³-hybridized carbons (Fsp3) is 0.176. The van der Waals surface area contributed by atoms with Crippen molar-refractivity contribution in [3.63, 3.8) is 0 Å². The molecule has 0 atom stereocenters. The third-order valence-electron chi connectivity index (χ3n) is 3.72. The lowest BCUT2D eigenvalue weighted by Crippen LogP contribution is -2.43. The minimum Gasteiger partial charge on any atom is -0.310 e. The van der Waals surface area contributed by atoms with Crippen LogP contribution in [0.15, 0.2) is 64.6 Å². The molecule has 4 rings (SSSR count). The van der Waals surface area contributed by atoms with Gasteiger partial charge in [-0.25, -0.2) is 4.99 Å². The maximum Gasteiger partial charge on any atom is 0.142 e. The van der Waals surface area contributed by atoms with Crippen molar-refractivity contribution in [2.45, 2.75) is 6.42 Å². The number of amidine groups is 2. The van der Waals surface area contributed by atoms with Gasteiger partial charge in [0.25, 0.3) is 0 Å². The fourth-order valence-electron chi connectivity index (χ4n) is 2.78. The lowest BCUT2D eigenvalue weighted by atomic mass is 10.0. The molecule has 0 N–H and O–H groups in total. The largest absolute Gasteiger partial charge is 0.310 e. The van der Waals surface area contributed by atoms with Crippen LogP contribution >= 0.6 is 0 Å². The van der Waals surface area contributed by atoms with Crippen molar-refractivity contribution in [1.82, 2.24) is 4.90 Å². The Bertz CT molecular complexity index is 701. The minimum absolute atomic E-state index is 0.905. The van der Waals surface area contributed by atoms with Gasteiger partial charge in [-0.15, -0.1) is 0 Å². The van der Waals surface area contributed by atoms with Crippen LogP contribution in [0, 0.1) is 0 Å². The zero-order valence-electron chi connectivity index (χ0n) is 11.2. The number of rotatable bonds is 1. The first kappa shape index (κ1) is 11.4. The van der Waals surface area contributed by atoms with E-state index in [-0.39, 0.29) is 0 Å². The zero-order chi connectivity index (χ0) is 13.4. The summed E-state index contributed by atoms with van der Waals surface area (Å²) in [5.74, 6) is 2.09. The van der Waals surface area contributed by atoms with E-state index in [4.69, 9.17) is 9.98 Å². The van der Waals surface area contributed by atoms with Crippen molar-refractivity contribution in [1.29, 1.82) is 0 Å². The molecule has 0 amide bonds. The average Bonchev–Trinajstić information content (AvgIpc) is 2.55. The molecule has 0 saturated heterocycles. The van der Waals surface area contributed by atoms with E-state index < -0.39 is 0 Å². The van der Waals surface area contributed by atoms with Gasteiger partial charge in [-0.2, -0.15) is 0 Å². The topological polar surface area (TPSA) is 28.0 Å². The smallest absolute Gasteiger partial charge is 0.142 e. The van der Waals surface area contributed by atoms with Crippen molar-refractivity contribution in [3.05, 3.63) is 65.7 Å². The summed E-state index contributed by atoms with van der Waals surface area (Å²) in [4.78, 5) is 11.8. The molecule has 0 bridgehead atoms. The van der Waals surface area contributed by atoms with Gasteiger partial charge < -0.3 is 4.90 Å². The molecule has 0 radical (unpaired) electrons. The summed E-state index contributed by atoms with van der Waals surface area (Å²) in [6.07, 6.45) is 1.08. The molecule has 2 aromatic carbocycles. The number of benzene rings is 2. The molecule has 2 aromatic rings. The molecule has 20 heavy (non-hydrogen) atoms. The Morgan fingerprint density at radius 3 is 2.55 bits per heavy atom. The van der Waals surface area contributed by atoms with Gasteiger partial charge in [0, 0.05) is 24.2 Å². The highest BCUT2D eigenvalue weighted by Crippen LogP contribution is 2.29. The summed E-state index contributed by atoms with van der Waals surface area (Å²) < 4.78 is 0. The van der Waals surface area contributed by atoms with Gasteiger partial charge in [0.1, 0.15) is 11.7 Å². The number of para-hydroxylation sites is 1. The van der Waals surface area contributed by atoms with E-state index in [9.17, 15) is 0 Å². The first-order valence-electron chi connectivity index (χ1n) is 6.99. The maximum absolute atomic E-state index is 4.86. The first-order valence-corrected chi connectivity index (χ1v) is 6.99. The number of nitrogens with zero attached hydrogens (tertiary/aromatic N) is 3. The van der Waals surface area contributed by atoms with Crippen LogP contribution < -0.4 is 0 Å². The molecule has 3 heteroatoms. The summed E-state index contributed by atoms with van der Waals surface area (Å²) in [5, 5.41) is 0. The van der Waals surface area contributed by atoms with Gasteiger partial charge in [-0.1, -0.05) is 42.5 Å². The number of fused-ring (bicyclic) bond motifs is 3. The van der Waals surface area contributed by atoms with Crippen LogP contribution in [-0.2, 0) is 0 Å². The number of hydrogen-bond acceptors (Lipinski definition) is 3. The van der Waals surface area contributed by atoms with E-state index >= 15 is 0 Å². The zero-order valence-corrected chi connectivity index (χ0v) is 11.2. The summed E-state index contributed by atoms with van der Waals surface area (Å²) in [6.45, 7) is 1.89. The molecule has 0 saturated carbocycles. The summed E-state index contributed by atoms with van der Waals surface area (Å²) in [5.41, 5.74) is 3.31. The Balaban J connectivity index is 1.93. The highest BCUT2D eigenvalue weighted by Gasteiger charge is 2.28. The van der Waals surface area contributed by atoms with E-state index in [1.54, 1.807) is 0 Å². The van der Waals surface area contributed by atoms with Crippen molar-refractivity contribution < 1.29 is 0 Å². The summed E-state index contributed by atoms with van der Waals surface area (Å²) in [7, 11) is 0. The van der Waals surface area contributed by atoms with Gasteiger partial charge in [0.2, 0.25) is 0 Å². The summed E-state index contributed by atoms with van der Waals surface area (Å²) in [6, 6.07) is 18.6. The van der Waals surface area contributed by atoms with Crippen LogP contribution in [0.4, 0.5) is 5.69 Å². The van der Waals surface area contributed by atoms with Crippen molar-refractivity contribution in [2.75, 3.05) is 13.1 Å². The molecular weight excluding hydrogens is 246 g/mol. The highest BCUT2D eigenvalue weighted by atomic mass is 15.3. The van der Waals surface area contributed by atoms with Gasteiger partial charge in [0.15, 0.2) is 0 Å². The molecule has 2 aliphatic heterocycles. The third kappa shape index (κ3) is 1.74. The van der Waals surface area contributed by atoms with Crippen molar-refractivity contribution in [2.24, 2.45) is 9.98 Å². The standard InChI is InChI=1S/C17H15N3/c1-2-7-13(8-3-1)16-19-15-10-5-4-9-14(15)17-18-11-6-12-20(16)17/h1-5,7-10H,6,11-12H2. The Morgan fingerprint density at radius 1 is 0.850 bits per heavy atom.